The Morgan fingerprint density at radius 1 is 1.11 bits per heavy atom. The topological polar surface area (TPSA) is 64.3 Å². The Bertz CT molecular complexity index is 271. The molecule has 18 heavy (non-hydrogen) atoms. The summed E-state index contributed by atoms with van der Waals surface area (Å²) < 4.78 is 5.88. The van der Waals surface area contributed by atoms with E-state index >= 15 is 0 Å². The second-order valence-corrected chi connectivity index (χ2v) is 5.65. The summed E-state index contributed by atoms with van der Waals surface area (Å²) in [4.78, 5) is 11.8. The largest absolute Gasteiger partial charge is 0.368 e. The third-order valence-electron chi connectivity index (χ3n) is 4.37. The Hall–Kier alpha value is -0.610. The van der Waals surface area contributed by atoms with E-state index in [1.165, 1.54) is 25.7 Å². The highest BCUT2D eigenvalue weighted by Crippen LogP contribution is 2.30. The molecule has 1 saturated heterocycles. The van der Waals surface area contributed by atoms with Crippen molar-refractivity contribution >= 4 is 5.91 Å². The van der Waals surface area contributed by atoms with E-state index in [2.05, 4.69) is 5.32 Å². The van der Waals surface area contributed by atoms with Crippen LogP contribution in [-0.4, -0.2) is 31.7 Å². The van der Waals surface area contributed by atoms with Crippen LogP contribution in [0.2, 0.25) is 0 Å². The maximum absolute atomic E-state index is 11.8. The molecule has 2 rings (SSSR count). The summed E-state index contributed by atoms with van der Waals surface area (Å²) in [5.74, 6) is 1.22. The van der Waals surface area contributed by atoms with Crippen LogP contribution in [0, 0.1) is 11.8 Å². The summed E-state index contributed by atoms with van der Waals surface area (Å²) in [5.41, 5.74) is 5.82. The second kappa shape index (κ2) is 7.10. The van der Waals surface area contributed by atoms with Gasteiger partial charge in [0.15, 0.2) is 0 Å². The fourth-order valence-electron chi connectivity index (χ4n) is 3.12. The number of carbonyl (C=O) groups is 1. The maximum Gasteiger partial charge on any atom is 0.249 e. The van der Waals surface area contributed by atoms with Crippen molar-refractivity contribution in [1.82, 2.24) is 5.32 Å². The van der Waals surface area contributed by atoms with Crippen molar-refractivity contribution in [2.24, 2.45) is 17.6 Å². The van der Waals surface area contributed by atoms with Crippen molar-refractivity contribution in [2.45, 2.75) is 51.0 Å². The minimum absolute atomic E-state index is 0.0765. The molecular formula is C14H26N2O2. The molecule has 0 spiro atoms. The quantitative estimate of drug-likeness (QED) is 0.798. The SMILES string of the molecule is NCC1CCCCC1COC1CCCCNC1=O. The first-order valence-corrected chi connectivity index (χ1v) is 7.40. The molecule has 2 fully saturated rings. The first-order valence-electron chi connectivity index (χ1n) is 7.40. The van der Waals surface area contributed by atoms with Crippen LogP contribution >= 0.6 is 0 Å². The van der Waals surface area contributed by atoms with E-state index in [1.54, 1.807) is 0 Å². The summed E-state index contributed by atoms with van der Waals surface area (Å²) in [5, 5.41) is 2.92. The van der Waals surface area contributed by atoms with Gasteiger partial charge >= 0.3 is 0 Å². The number of hydrogen-bond donors (Lipinski definition) is 2. The number of rotatable bonds is 4. The van der Waals surface area contributed by atoms with Crippen molar-refractivity contribution in [3.05, 3.63) is 0 Å². The van der Waals surface area contributed by atoms with Crippen LogP contribution in [0.15, 0.2) is 0 Å². The van der Waals surface area contributed by atoms with Crippen molar-refractivity contribution in [2.75, 3.05) is 19.7 Å². The van der Waals surface area contributed by atoms with Gasteiger partial charge in [-0.15, -0.1) is 0 Å². The lowest BCUT2D eigenvalue weighted by atomic mass is 9.80. The summed E-state index contributed by atoms with van der Waals surface area (Å²) in [7, 11) is 0. The van der Waals surface area contributed by atoms with E-state index in [9.17, 15) is 4.79 Å². The van der Waals surface area contributed by atoms with Crippen LogP contribution in [0.25, 0.3) is 0 Å². The van der Waals surface area contributed by atoms with Crippen LogP contribution in [0.3, 0.4) is 0 Å². The smallest absolute Gasteiger partial charge is 0.249 e. The van der Waals surface area contributed by atoms with Crippen LogP contribution in [0.1, 0.15) is 44.9 Å². The number of nitrogens with two attached hydrogens (primary N) is 1. The van der Waals surface area contributed by atoms with Crippen LogP contribution < -0.4 is 11.1 Å². The summed E-state index contributed by atoms with van der Waals surface area (Å²) >= 11 is 0. The molecule has 0 bridgehead atoms. The van der Waals surface area contributed by atoms with Gasteiger partial charge in [0.1, 0.15) is 6.10 Å². The zero-order chi connectivity index (χ0) is 12.8. The molecule has 3 N–H and O–H groups in total. The maximum atomic E-state index is 11.8. The minimum Gasteiger partial charge on any atom is -0.368 e. The molecule has 2 aliphatic rings. The van der Waals surface area contributed by atoms with E-state index in [-0.39, 0.29) is 12.0 Å². The molecule has 0 aromatic carbocycles. The monoisotopic (exact) mass is 254 g/mol. The standard InChI is InChI=1S/C14H26N2O2/c15-9-11-5-1-2-6-12(11)10-18-13-7-3-4-8-16-14(13)17/h11-13H,1-10,15H2,(H,16,17). The number of amides is 1. The molecule has 4 nitrogen and oxygen atoms in total. The van der Waals surface area contributed by atoms with Crippen LogP contribution in [0.4, 0.5) is 0 Å². The fraction of sp³-hybridized carbons (Fsp3) is 0.929. The first-order chi connectivity index (χ1) is 8.81. The van der Waals surface area contributed by atoms with E-state index in [4.69, 9.17) is 10.5 Å². The highest BCUT2D eigenvalue weighted by molar-refractivity contribution is 5.80. The van der Waals surface area contributed by atoms with E-state index in [0.29, 0.717) is 18.4 Å². The Labute approximate surface area is 110 Å². The van der Waals surface area contributed by atoms with E-state index < -0.39 is 0 Å². The fourth-order valence-corrected chi connectivity index (χ4v) is 3.12. The van der Waals surface area contributed by atoms with Crippen molar-refractivity contribution < 1.29 is 9.53 Å². The number of hydrogen-bond acceptors (Lipinski definition) is 3. The summed E-state index contributed by atoms with van der Waals surface area (Å²) in [6.07, 6.45) is 7.79. The van der Waals surface area contributed by atoms with Gasteiger partial charge in [-0.2, -0.15) is 0 Å². The zero-order valence-corrected chi connectivity index (χ0v) is 11.2. The lowest BCUT2D eigenvalue weighted by molar-refractivity contribution is -0.134. The molecule has 104 valence electrons. The molecule has 1 aliphatic carbocycles. The third-order valence-corrected chi connectivity index (χ3v) is 4.37. The van der Waals surface area contributed by atoms with Crippen LogP contribution in [-0.2, 0) is 9.53 Å². The van der Waals surface area contributed by atoms with Gasteiger partial charge in [0.2, 0.25) is 5.91 Å². The first kappa shape index (κ1) is 13.8. The van der Waals surface area contributed by atoms with Gasteiger partial charge in [0, 0.05) is 6.54 Å². The summed E-state index contributed by atoms with van der Waals surface area (Å²) in [6.45, 7) is 2.26. The Balaban J connectivity index is 1.79. The molecule has 1 aliphatic heterocycles. The lowest BCUT2D eigenvalue weighted by Crippen LogP contribution is -2.37. The minimum atomic E-state index is -0.229. The zero-order valence-electron chi connectivity index (χ0n) is 11.2. The normalized spacial score (nSPS) is 33.8. The number of ether oxygens (including phenoxy) is 1. The van der Waals surface area contributed by atoms with Gasteiger partial charge in [-0.05, 0) is 50.5 Å². The van der Waals surface area contributed by atoms with Crippen LogP contribution in [0.5, 0.6) is 0 Å². The predicted octanol–water partition coefficient (Wildman–Crippen LogP) is 1.44. The van der Waals surface area contributed by atoms with Gasteiger partial charge in [0.05, 0.1) is 6.61 Å². The molecule has 4 heteroatoms. The average molecular weight is 254 g/mol. The number of carbonyl (C=O) groups excluding carboxylic acids is 1. The Kier molecular flexibility index (Phi) is 5.45. The molecular weight excluding hydrogens is 228 g/mol. The van der Waals surface area contributed by atoms with Gasteiger partial charge in [0.25, 0.3) is 0 Å². The van der Waals surface area contributed by atoms with Gasteiger partial charge in [-0.3, -0.25) is 4.79 Å². The second-order valence-electron chi connectivity index (χ2n) is 5.65. The van der Waals surface area contributed by atoms with E-state index in [0.717, 1.165) is 32.4 Å². The molecule has 1 saturated carbocycles. The molecule has 1 heterocycles. The molecule has 0 aromatic rings. The molecule has 3 unspecified atom stereocenters. The highest BCUT2D eigenvalue weighted by atomic mass is 16.5. The summed E-state index contributed by atoms with van der Waals surface area (Å²) in [6, 6.07) is 0. The van der Waals surface area contributed by atoms with E-state index in [1.807, 2.05) is 0 Å². The Morgan fingerprint density at radius 2 is 1.83 bits per heavy atom. The van der Waals surface area contributed by atoms with Crippen molar-refractivity contribution in [3.8, 4) is 0 Å². The average Bonchev–Trinajstić information content (AvgIpc) is 2.61. The molecule has 0 aromatic heterocycles. The van der Waals surface area contributed by atoms with Crippen molar-refractivity contribution in [1.29, 1.82) is 0 Å². The van der Waals surface area contributed by atoms with Gasteiger partial charge in [-0.1, -0.05) is 12.8 Å². The molecule has 3 atom stereocenters. The third kappa shape index (κ3) is 3.69. The number of nitrogens with one attached hydrogen (secondary N) is 1. The Morgan fingerprint density at radius 3 is 2.61 bits per heavy atom. The lowest BCUT2D eigenvalue weighted by Gasteiger charge is -2.31. The molecule has 0 radical (unpaired) electrons. The van der Waals surface area contributed by atoms with Gasteiger partial charge < -0.3 is 15.8 Å². The highest BCUT2D eigenvalue weighted by Gasteiger charge is 2.27. The predicted molar refractivity (Wildman–Crippen MR) is 71.1 cm³/mol. The van der Waals surface area contributed by atoms with Gasteiger partial charge in [-0.25, -0.2) is 0 Å². The molecule has 1 amide bonds. The van der Waals surface area contributed by atoms with Crippen molar-refractivity contribution in [3.63, 3.8) is 0 Å².